The van der Waals surface area contributed by atoms with Crippen LogP contribution < -0.4 is 15.2 Å². The van der Waals surface area contributed by atoms with Gasteiger partial charge in [0.15, 0.2) is 0 Å². The van der Waals surface area contributed by atoms with E-state index in [0.29, 0.717) is 5.92 Å². The van der Waals surface area contributed by atoms with Gasteiger partial charge in [-0.05, 0) is 23.6 Å². The normalized spacial score (nSPS) is 12.7. The quantitative estimate of drug-likeness (QED) is 0.828. The van der Waals surface area contributed by atoms with Crippen molar-refractivity contribution < 1.29 is 9.47 Å². The van der Waals surface area contributed by atoms with Crippen molar-refractivity contribution in [3.8, 4) is 11.5 Å². The molecule has 1 atom stereocenters. The Morgan fingerprint density at radius 1 is 1.00 bits per heavy atom. The molecule has 0 aliphatic carbocycles. The molecule has 1 aromatic carbocycles. The van der Waals surface area contributed by atoms with Gasteiger partial charge in [0.05, 0.1) is 14.2 Å². The predicted molar refractivity (Wildman–Crippen MR) is 61.3 cm³/mol. The summed E-state index contributed by atoms with van der Waals surface area (Å²) in [6.45, 7) is 4.19. The van der Waals surface area contributed by atoms with Gasteiger partial charge in [-0.1, -0.05) is 13.8 Å². The molecule has 0 aromatic heterocycles. The summed E-state index contributed by atoms with van der Waals surface area (Å²) >= 11 is 0. The lowest BCUT2D eigenvalue weighted by molar-refractivity contribution is 0.391. The van der Waals surface area contributed by atoms with E-state index in [4.69, 9.17) is 15.2 Å². The van der Waals surface area contributed by atoms with Crippen LogP contribution in [0.5, 0.6) is 11.5 Å². The minimum absolute atomic E-state index is 0.00833. The van der Waals surface area contributed by atoms with Crippen LogP contribution in [-0.2, 0) is 0 Å². The molecule has 0 radical (unpaired) electrons. The number of benzene rings is 1. The smallest absolute Gasteiger partial charge is 0.122 e. The van der Waals surface area contributed by atoms with E-state index in [1.165, 1.54) is 0 Å². The standard InChI is InChI=1S/C12H19NO2/c1-8(2)12(13)9-5-10(14-3)7-11(6-9)15-4/h5-8,12H,13H2,1-4H3. The highest BCUT2D eigenvalue weighted by Crippen LogP contribution is 2.28. The van der Waals surface area contributed by atoms with Crippen LogP contribution in [0.3, 0.4) is 0 Å². The van der Waals surface area contributed by atoms with Gasteiger partial charge in [-0.3, -0.25) is 0 Å². The fourth-order valence-electron chi connectivity index (χ4n) is 1.41. The van der Waals surface area contributed by atoms with Crippen molar-refractivity contribution in [2.75, 3.05) is 14.2 Å². The lowest BCUT2D eigenvalue weighted by Gasteiger charge is -2.17. The molecule has 0 saturated carbocycles. The van der Waals surface area contributed by atoms with Gasteiger partial charge < -0.3 is 15.2 Å². The maximum absolute atomic E-state index is 6.07. The minimum Gasteiger partial charge on any atom is -0.497 e. The molecule has 1 aromatic rings. The SMILES string of the molecule is COc1cc(OC)cc(C(N)C(C)C)c1. The number of ether oxygens (including phenoxy) is 2. The molecule has 0 aliphatic rings. The molecule has 0 aliphatic heterocycles. The maximum Gasteiger partial charge on any atom is 0.122 e. The van der Waals surface area contributed by atoms with Crippen LogP contribution in [0.4, 0.5) is 0 Å². The van der Waals surface area contributed by atoms with E-state index in [9.17, 15) is 0 Å². The van der Waals surface area contributed by atoms with Crippen LogP contribution in [0.1, 0.15) is 25.5 Å². The predicted octanol–water partition coefficient (Wildman–Crippen LogP) is 2.36. The average Bonchev–Trinajstić information content (AvgIpc) is 2.27. The molecule has 0 spiro atoms. The molecule has 84 valence electrons. The first-order valence-corrected chi connectivity index (χ1v) is 5.07. The molecule has 15 heavy (non-hydrogen) atoms. The molecule has 0 heterocycles. The summed E-state index contributed by atoms with van der Waals surface area (Å²) in [5.41, 5.74) is 7.12. The Balaban J connectivity index is 3.06. The van der Waals surface area contributed by atoms with Crippen LogP contribution in [0, 0.1) is 5.92 Å². The second-order valence-corrected chi connectivity index (χ2v) is 3.92. The van der Waals surface area contributed by atoms with Crippen LogP contribution >= 0.6 is 0 Å². The van der Waals surface area contributed by atoms with Crippen LogP contribution in [0.2, 0.25) is 0 Å². The molecule has 0 fully saturated rings. The van der Waals surface area contributed by atoms with E-state index >= 15 is 0 Å². The van der Waals surface area contributed by atoms with Gasteiger partial charge in [-0.15, -0.1) is 0 Å². The number of nitrogens with two attached hydrogens (primary N) is 1. The zero-order valence-electron chi connectivity index (χ0n) is 9.78. The van der Waals surface area contributed by atoms with Crippen LogP contribution in [0.25, 0.3) is 0 Å². The molecule has 1 unspecified atom stereocenters. The molecular weight excluding hydrogens is 190 g/mol. The molecule has 0 saturated heterocycles. The second-order valence-electron chi connectivity index (χ2n) is 3.92. The fraction of sp³-hybridized carbons (Fsp3) is 0.500. The Hall–Kier alpha value is -1.22. The van der Waals surface area contributed by atoms with Crippen molar-refractivity contribution in [2.24, 2.45) is 11.7 Å². The zero-order chi connectivity index (χ0) is 11.4. The van der Waals surface area contributed by atoms with Gasteiger partial charge in [0.2, 0.25) is 0 Å². The molecule has 3 nitrogen and oxygen atoms in total. The third-order valence-electron chi connectivity index (χ3n) is 2.48. The van der Waals surface area contributed by atoms with Gasteiger partial charge >= 0.3 is 0 Å². The monoisotopic (exact) mass is 209 g/mol. The highest BCUT2D eigenvalue weighted by Gasteiger charge is 2.12. The highest BCUT2D eigenvalue weighted by molar-refractivity contribution is 5.39. The third-order valence-corrected chi connectivity index (χ3v) is 2.48. The van der Waals surface area contributed by atoms with Crippen molar-refractivity contribution in [1.82, 2.24) is 0 Å². The van der Waals surface area contributed by atoms with E-state index in [2.05, 4.69) is 13.8 Å². The summed E-state index contributed by atoms with van der Waals surface area (Å²) in [4.78, 5) is 0. The Bertz CT molecular complexity index is 301. The van der Waals surface area contributed by atoms with Crippen LogP contribution in [-0.4, -0.2) is 14.2 Å². The topological polar surface area (TPSA) is 44.5 Å². The Labute approximate surface area is 91.2 Å². The third kappa shape index (κ3) is 2.86. The minimum atomic E-state index is 0.00833. The number of methoxy groups -OCH3 is 2. The molecular formula is C12H19NO2. The second kappa shape index (κ2) is 5.03. The first kappa shape index (κ1) is 11.9. The van der Waals surface area contributed by atoms with Gasteiger partial charge in [0.25, 0.3) is 0 Å². The molecule has 3 heteroatoms. The van der Waals surface area contributed by atoms with Crippen molar-refractivity contribution in [1.29, 1.82) is 0 Å². The van der Waals surface area contributed by atoms with Gasteiger partial charge in [0.1, 0.15) is 11.5 Å². The van der Waals surface area contributed by atoms with Crippen molar-refractivity contribution >= 4 is 0 Å². The average molecular weight is 209 g/mol. The van der Waals surface area contributed by atoms with Crippen molar-refractivity contribution in [3.05, 3.63) is 23.8 Å². The summed E-state index contributed by atoms with van der Waals surface area (Å²) in [6.07, 6.45) is 0. The van der Waals surface area contributed by atoms with Gasteiger partial charge in [-0.25, -0.2) is 0 Å². The fourth-order valence-corrected chi connectivity index (χ4v) is 1.41. The summed E-state index contributed by atoms with van der Waals surface area (Å²) in [5.74, 6) is 1.95. The number of rotatable bonds is 4. The molecule has 1 rings (SSSR count). The van der Waals surface area contributed by atoms with Gasteiger partial charge in [0, 0.05) is 12.1 Å². The molecule has 2 N–H and O–H groups in total. The molecule has 0 amide bonds. The molecule has 0 bridgehead atoms. The summed E-state index contributed by atoms with van der Waals surface area (Å²) in [5, 5.41) is 0. The lowest BCUT2D eigenvalue weighted by atomic mass is 9.97. The zero-order valence-corrected chi connectivity index (χ0v) is 9.78. The summed E-state index contributed by atoms with van der Waals surface area (Å²) < 4.78 is 10.4. The van der Waals surface area contributed by atoms with E-state index in [1.54, 1.807) is 14.2 Å². The van der Waals surface area contributed by atoms with Crippen molar-refractivity contribution in [2.45, 2.75) is 19.9 Å². The lowest BCUT2D eigenvalue weighted by Crippen LogP contribution is -2.16. The van der Waals surface area contributed by atoms with E-state index < -0.39 is 0 Å². The van der Waals surface area contributed by atoms with Gasteiger partial charge in [-0.2, -0.15) is 0 Å². The highest BCUT2D eigenvalue weighted by atomic mass is 16.5. The van der Waals surface area contributed by atoms with E-state index in [-0.39, 0.29) is 6.04 Å². The van der Waals surface area contributed by atoms with E-state index in [0.717, 1.165) is 17.1 Å². The van der Waals surface area contributed by atoms with Crippen LogP contribution in [0.15, 0.2) is 18.2 Å². The van der Waals surface area contributed by atoms with E-state index in [1.807, 2.05) is 18.2 Å². The number of hydrogen-bond acceptors (Lipinski definition) is 3. The first-order chi connectivity index (χ1) is 7.08. The summed E-state index contributed by atoms with van der Waals surface area (Å²) in [6, 6.07) is 5.76. The Morgan fingerprint density at radius 3 is 1.80 bits per heavy atom. The number of hydrogen-bond donors (Lipinski definition) is 1. The maximum atomic E-state index is 6.07. The van der Waals surface area contributed by atoms with Crippen molar-refractivity contribution in [3.63, 3.8) is 0 Å². The Morgan fingerprint density at radius 2 is 1.47 bits per heavy atom. The first-order valence-electron chi connectivity index (χ1n) is 5.07. The Kier molecular flexibility index (Phi) is 3.97. The largest absolute Gasteiger partial charge is 0.497 e. The summed E-state index contributed by atoms with van der Waals surface area (Å²) in [7, 11) is 3.28.